The summed E-state index contributed by atoms with van der Waals surface area (Å²) in [5, 5.41) is 0. The van der Waals surface area contributed by atoms with E-state index in [2.05, 4.69) is 45.1 Å². The van der Waals surface area contributed by atoms with Crippen molar-refractivity contribution in [1.82, 2.24) is 4.90 Å². The lowest BCUT2D eigenvalue weighted by atomic mass is 10.0. The monoisotopic (exact) mass is 310 g/mol. The van der Waals surface area contributed by atoms with Crippen LogP contribution in [0.25, 0.3) is 0 Å². The van der Waals surface area contributed by atoms with Crippen LogP contribution in [-0.2, 0) is 0 Å². The zero-order valence-corrected chi connectivity index (χ0v) is 12.5. The fourth-order valence-electron chi connectivity index (χ4n) is 2.80. The minimum Gasteiger partial charge on any atom is -0.329 e. The molecule has 18 heavy (non-hydrogen) atoms. The third kappa shape index (κ3) is 3.56. The molecule has 3 heteroatoms. The molecule has 2 rings (SSSR count). The fraction of sp³-hybridized carbons (Fsp3) is 0.600. The largest absolute Gasteiger partial charge is 0.329 e. The second-order valence-electron chi connectivity index (χ2n) is 5.08. The molecule has 0 spiro atoms. The molecule has 1 saturated heterocycles. The van der Waals surface area contributed by atoms with Crippen molar-refractivity contribution in [2.24, 2.45) is 5.73 Å². The van der Waals surface area contributed by atoms with Gasteiger partial charge in [0.15, 0.2) is 0 Å². The molecule has 1 aliphatic heterocycles. The Morgan fingerprint density at radius 3 is 2.28 bits per heavy atom. The smallest absolute Gasteiger partial charge is 0.0481 e. The van der Waals surface area contributed by atoms with E-state index in [-0.39, 0.29) is 0 Å². The SMILES string of the molecule is NCC(c1ccccc1Br)N1CCCCCCC1. The topological polar surface area (TPSA) is 29.3 Å². The molecule has 1 unspecified atom stereocenters. The molecule has 1 aliphatic rings. The molecule has 0 saturated carbocycles. The van der Waals surface area contributed by atoms with Crippen LogP contribution in [0.15, 0.2) is 28.7 Å². The highest BCUT2D eigenvalue weighted by atomic mass is 79.9. The molecule has 0 amide bonds. The normalized spacial score (nSPS) is 20.1. The fourth-order valence-corrected chi connectivity index (χ4v) is 3.35. The number of likely N-dealkylation sites (tertiary alicyclic amines) is 1. The highest BCUT2D eigenvalue weighted by Crippen LogP contribution is 2.28. The summed E-state index contributed by atoms with van der Waals surface area (Å²) in [6.45, 7) is 3.06. The Kier molecular flexibility index (Phi) is 5.67. The van der Waals surface area contributed by atoms with Crippen molar-refractivity contribution in [2.45, 2.75) is 38.1 Å². The van der Waals surface area contributed by atoms with Gasteiger partial charge in [-0.1, -0.05) is 53.4 Å². The van der Waals surface area contributed by atoms with Crippen LogP contribution in [0.3, 0.4) is 0 Å². The molecule has 1 aromatic carbocycles. The van der Waals surface area contributed by atoms with Crippen molar-refractivity contribution in [1.29, 1.82) is 0 Å². The van der Waals surface area contributed by atoms with Gasteiger partial charge in [0.1, 0.15) is 0 Å². The average Bonchev–Trinajstić information content (AvgIpc) is 2.34. The highest BCUT2D eigenvalue weighted by Gasteiger charge is 2.21. The van der Waals surface area contributed by atoms with E-state index in [0.717, 1.165) is 0 Å². The second-order valence-corrected chi connectivity index (χ2v) is 5.93. The van der Waals surface area contributed by atoms with E-state index in [4.69, 9.17) is 5.73 Å². The average molecular weight is 311 g/mol. The van der Waals surface area contributed by atoms with Gasteiger partial charge in [0, 0.05) is 17.1 Å². The number of nitrogens with two attached hydrogens (primary N) is 1. The minimum atomic E-state index is 0.360. The standard InChI is InChI=1S/C15H23BrN2/c16-14-9-5-4-8-13(14)15(12-17)18-10-6-2-1-3-7-11-18/h4-5,8-9,15H,1-3,6-7,10-12,17H2. The predicted molar refractivity (Wildman–Crippen MR) is 80.6 cm³/mol. The lowest BCUT2D eigenvalue weighted by Crippen LogP contribution is -2.36. The van der Waals surface area contributed by atoms with Gasteiger partial charge in [-0.15, -0.1) is 0 Å². The lowest BCUT2D eigenvalue weighted by molar-refractivity contribution is 0.183. The number of rotatable bonds is 3. The molecule has 2 N–H and O–H groups in total. The van der Waals surface area contributed by atoms with Gasteiger partial charge in [-0.25, -0.2) is 0 Å². The maximum absolute atomic E-state index is 6.03. The van der Waals surface area contributed by atoms with Crippen LogP contribution in [0.5, 0.6) is 0 Å². The lowest BCUT2D eigenvalue weighted by Gasteiger charge is -2.33. The van der Waals surface area contributed by atoms with E-state index in [9.17, 15) is 0 Å². The maximum atomic E-state index is 6.03. The molecule has 1 fully saturated rings. The molecular weight excluding hydrogens is 288 g/mol. The summed E-state index contributed by atoms with van der Waals surface area (Å²) < 4.78 is 1.18. The van der Waals surface area contributed by atoms with Crippen LogP contribution in [-0.4, -0.2) is 24.5 Å². The first-order valence-corrected chi connectivity index (χ1v) is 7.81. The molecule has 0 aromatic heterocycles. The maximum Gasteiger partial charge on any atom is 0.0481 e. The zero-order chi connectivity index (χ0) is 12.8. The number of hydrogen-bond donors (Lipinski definition) is 1. The zero-order valence-electron chi connectivity index (χ0n) is 10.9. The minimum absolute atomic E-state index is 0.360. The Labute approximate surface area is 119 Å². The van der Waals surface area contributed by atoms with Crippen LogP contribution < -0.4 is 5.73 Å². The predicted octanol–water partition coefficient (Wildman–Crippen LogP) is 3.72. The van der Waals surface area contributed by atoms with Crippen molar-refractivity contribution in [2.75, 3.05) is 19.6 Å². The molecule has 2 nitrogen and oxygen atoms in total. The molecule has 100 valence electrons. The van der Waals surface area contributed by atoms with Gasteiger partial charge >= 0.3 is 0 Å². The van der Waals surface area contributed by atoms with Crippen LogP contribution in [0.2, 0.25) is 0 Å². The molecule has 0 radical (unpaired) electrons. The van der Waals surface area contributed by atoms with Gasteiger partial charge in [0.25, 0.3) is 0 Å². The molecule has 1 heterocycles. The number of halogens is 1. The summed E-state index contributed by atoms with van der Waals surface area (Å²) >= 11 is 3.66. The van der Waals surface area contributed by atoms with E-state index >= 15 is 0 Å². The van der Waals surface area contributed by atoms with E-state index < -0.39 is 0 Å². The van der Waals surface area contributed by atoms with E-state index in [1.54, 1.807) is 0 Å². The van der Waals surface area contributed by atoms with E-state index in [1.807, 2.05) is 0 Å². The van der Waals surface area contributed by atoms with Gasteiger partial charge in [-0.3, -0.25) is 4.90 Å². The second kappa shape index (κ2) is 7.27. The van der Waals surface area contributed by atoms with E-state index in [1.165, 1.54) is 55.2 Å². The van der Waals surface area contributed by atoms with Crippen LogP contribution in [0.1, 0.15) is 43.7 Å². The van der Waals surface area contributed by atoms with Gasteiger partial charge < -0.3 is 5.73 Å². The Morgan fingerprint density at radius 2 is 1.67 bits per heavy atom. The molecule has 0 bridgehead atoms. The van der Waals surface area contributed by atoms with Gasteiger partial charge in [0.2, 0.25) is 0 Å². The summed E-state index contributed by atoms with van der Waals surface area (Å²) in [5.74, 6) is 0. The van der Waals surface area contributed by atoms with E-state index in [0.29, 0.717) is 12.6 Å². The Balaban J connectivity index is 2.13. The third-order valence-electron chi connectivity index (χ3n) is 3.82. The molecular formula is C15H23BrN2. The Morgan fingerprint density at radius 1 is 1.06 bits per heavy atom. The van der Waals surface area contributed by atoms with Gasteiger partial charge in [-0.05, 0) is 37.6 Å². The Bertz CT molecular complexity index is 359. The number of hydrogen-bond acceptors (Lipinski definition) is 2. The van der Waals surface area contributed by atoms with Crippen molar-refractivity contribution in [3.8, 4) is 0 Å². The summed E-state index contributed by atoms with van der Waals surface area (Å²) in [6.07, 6.45) is 6.74. The van der Waals surface area contributed by atoms with Crippen molar-refractivity contribution in [3.05, 3.63) is 34.3 Å². The summed E-state index contributed by atoms with van der Waals surface area (Å²) in [5.41, 5.74) is 7.37. The summed E-state index contributed by atoms with van der Waals surface area (Å²) in [4.78, 5) is 2.57. The number of nitrogens with zero attached hydrogens (tertiary/aromatic N) is 1. The summed E-state index contributed by atoms with van der Waals surface area (Å²) in [7, 11) is 0. The summed E-state index contributed by atoms with van der Waals surface area (Å²) in [6, 6.07) is 8.84. The van der Waals surface area contributed by atoms with Gasteiger partial charge in [0.05, 0.1) is 0 Å². The van der Waals surface area contributed by atoms with Crippen molar-refractivity contribution in [3.63, 3.8) is 0 Å². The molecule has 0 aliphatic carbocycles. The van der Waals surface area contributed by atoms with Gasteiger partial charge in [-0.2, -0.15) is 0 Å². The van der Waals surface area contributed by atoms with Crippen molar-refractivity contribution >= 4 is 15.9 Å². The van der Waals surface area contributed by atoms with Crippen LogP contribution >= 0.6 is 15.9 Å². The van der Waals surface area contributed by atoms with Crippen LogP contribution in [0.4, 0.5) is 0 Å². The first-order chi connectivity index (χ1) is 8.83. The van der Waals surface area contributed by atoms with Crippen molar-refractivity contribution < 1.29 is 0 Å². The quantitative estimate of drug-likeness (QED) is 0.922. The number of benzene rings is 1. The molecule has 1 aromatic rings. The first kappa shape index (κ1) is 14.0. The third-order valence-corrected chi connectivity index (χ3v) is 4.54. The molecule has 1 atom stereocenters. The Hall–Kier alpha value is -0.380. The van der Waals surface area contributed by atoms with Crippen LogP contribution in [0, 0.1) is 0 Å². The highest BCUT2D eigenvalue weighted by molar-refractivity contribution is 9.10. The first-order valence-electron chi connectivity index (χ1n) is 7.01.